The number of ether oxygens (including phenoxy) is 1. The third-order valence-electron chi connectivity index (χ3n) is 4.63. The topological polar surface area (TPSA) is 75.7 Å². The lowest BCUT2D eigenvalue weighted by atomic mass is 10.1. The lowest BCUT2D eigenvalue weighted by molar-refractivity contribution is 0.0997. The summed E-state index contributed by atoms with van der Waals surface area (Å²) in [5, 5.41) is 0. The van der Waals surface area contributed by atoms with Crippen molar-refractivity contribution in [3.05, 3.63) is 59.7 Å². The molecule has 1 N–H and O–H groups in total. The predicted octanol–water partition coefficient (Wildman–Crippen LogP) is 2.25. The Hall–Kier alpha value is -2.22. The van der Waals surface area contributed by atoms with Crippen molar-refractivity contribution in [3.8, 4) is 0 Å². The molecule has 7 heteroatoms. The van der Waals surface area contributed by atoms with Crippen LogP contribution in [0.15, 0.2) is 53.4 Å². The van der Waals surface area contributed by atoms with Crippen molar-refractivity contribution < 1.29 is 17.9 Å². The Balaban J connectivity index is 1.60. The van der Waals surface area contributed by atoms with Gasteiger partial charge in [-0.05, 0) is 48.4 Å². The zero-order valence-corrected chi connectivity index (χ0v) is 16.2. The van der Waals surface area contributed by atoms with E-state index in [1.165, 1.54) is 0 Å². The molecule has 144 valence electrons. The molecule has 0 atom stereocenters. The van der Waals surface area contributed by atoms with Gasteiger partial charge < -0.3 is 9.64 Å². The number of aryl methyl sites for hydroxylation is 1. The van der Waals surface area contributed by atoms with Crippen molar-refractivity contribution in [2.75, 3.05) is 37.7 Å². The van der Waals surface area contributed by atoms with Crippen molar-refractivity contribution in [3.63, 3.8) is 0 Å². The van der Waals surface area contributed by atoms with E-state index in [0.717, 1.165) is 30.8 Å². The molecule has 1 fully saturated rings. The molecule has 0 bridgehead atoms. The summed E-state index contributed by atoms with van der Waals surface area (Å²) in [5.74, 6) is -0.266. The van der Waals surface area contributed by atoms with E-state index >= 15 is 0 Å². The number of Topliss-reactive ketones (excluding diaryl/α,β-unsaturated/α-hetero) is 1. The fourth-order valence-corrected chi connectivity index (χ4v) is 3.91. The van der Waals surface area contributed by atoms with Gasteiger partial charge in [0.2, 0.25) is 10.0 Å². The molecule has 1 saturated heterocycles. The second-order valence-corrected chi connectivity index (χ2v) is 8.16. The second-order valence-electron chi connectivity index (χ2n) is 6.39. The number of carbonyl (C=O) groups excluding carboxylic acids is 1. The molecule has 1 aliphatic heterocycles. The predicted molar refractivity (Wildman–Crippen MR) is 105 cm³/mol. The van der Waals surface area contributed by atoms with Crippen molar-refractivity contribution in [1.82, 2.24) is 4.72 Å². The van der Waals surface area contributed by atoms with Crippen molar-refractivity contribution >= 4 is 21.5 Å². The molecule has 0 amide bonds. The molecule has 1 aliphatic rings. The number of rotatable bonds is 7. The molecule has 0 unspecified atom stereocenters. The molecule has 0 radical (unpaired) electrons. The van der Waals surface area contributed by atoms with Gasteiger partial charge >= 0.3 is 0 Å². The summed E-state index contributed by atoms with van der Waals surface area (Å²) in [7, 11) is -3.71. The van der Waals surface area contributed by atoms with Crippen LogP contribution in [-0.4, -0.2) is 47.0 Å². The first-order valence-electron chi connectivity index (χ1n) is 9.04. The number of ketones is 1. The maximum Gasteiger partial charge on any atom is 0.240 e. The molecular weight excluding hydrogens is 364 g/mol. The highest BCUT2D eigenvalue weighted by Crippen LogP contribution is 2.17. The second kappa shape index (κ2) is 8.65. The summed E-state index contributed by atoms with van der Waals surface area (Å²) in [5.41, 5.74) is 2.58. The number of anilines is 1. The summed E-state index contributed by atoms with van der Waals surface area (Å²) < 4.78 is 32.4. The summed E-state index contributed by atoms with van der Waals surface area (Å²) in [6.45, 7) is 4.77. The highest BCUT2D eigenvalue weighted by molar-refractivity contribution is 7.89. The van der Waals surface area contributed by atoms with Crippen molar-refractivity contribution in [1.29, 1.82) is 0 Å². The van der Waals surface area contributed by atoms with Gasteiger partial charge in [0.15, 0.2) is 5.78 Å². The number of hydrogen-bond acceptors (Lipinski definition) is 5. The quantitative estimate of drug-likeness (QED) is 0.737. The number of carbonyl (C=O) groups is 1. The van der Waals surface area contributed by atoms with E-state index < -0.39 is 10.0 Å². The van der Waals surface area contributed by atoms with Gasteiger partial charge in [0.1, 0.15) is 0 Å². The lowest BCUT2D eigenvalue weighted by Crippen LogP contribution is -2.36. The van der Waals surface area contributed by atoms with Gasteiger partial charge in [0, 0.05) is 24.3 Å². The first-order chi connectivity index (χ1) is 13.0. The van der Waals surface area contributed by atoms with Crippen LogP contribution >= 0.6 is 0 Å². The first-order valence-corrected chi connectivity index (χ1v) is 10.5. The van der Waals surface area contributed by atoms with Crippen LogP contribution in [0.25, 0.3) is 0 Å². The number of sulfonamides is 1. The van der Waals surface area contributed by atoms with E-state index in [4.69, 9.17) is 4.74 Å². The van der Waals surface area contributed by atoms with Crippen molar-refractivity contribution in [2.24, 2.45) is 0 Å². The van der Waals surface area contributed by atoms with E-state index in [1.807, 2.05) is 19.1 Å². The number of hydrogen-bond donors (Lipinski definition) is 1. The first kappa shape index (κ1) is 19.5. The lowest BCUT2D eigenvalue weighted by Gasteiger charge is -2.28. The fraction of sp³-hybridized carbons (Fsp3) is 0.350. The van der Waals surface area contributed by atoms with Crippen LogP contribution in [-0.2, 0) is 21.2 Å². The van der Waals surface area contributed by atoms with Crippen LogP contribution in [0.5, 0.6) is 0 Å². The third kappa shape index (κ3) is 4.94. The molecule has 27 heavy (non-hydrogen) atoms. The van der Waals surface area contributed by atoms with E-state index in [0.29, 0.717) is 18.8 Å². The van der Waals surface area contributed by atoms with Gasteiger partial charge in [-0.1, -0.05) is 19.1 Å². The van der Waals surface area contributed by atoms with Gasteiger partial charge in [0.05, 0.1) is 24.7 Å². The molecule has 3 rings (SSSR count). The molecule has 0 saturated carbocycles. The van der Waals surface area contributed by atoms with Crippen LogP contribution in [0.1, 0.15) is 22.8 Å². The monoisotopic (exact) mass is 388 g/mol. The fourth-order valence-electron chi connectivity index (χ4n) is 2.93. The van der Waals surface area contributed by atoms with Crippen LogP contribution in [0, 0.1) is 0 Å². The largest absolute Gasteiger partial charge is 0.378 e. The Morgan fingerprint density at radius 3 is 2.26 bits per heavy atom. The standard InChI is InChI=1S/C20H24N2O4S/c1-2-16-3-9-19(10-4-16)27(24,25)21-15-20(23)17-5-7-18(8-6-17)22-11-13-26-14-12-22/h3-10,21H,2,11-15H2,1H3. The van der Waals surface area contributed by atoms with Crippen LogP contribution < -0.4 is 9.62 Å². The maximum atomic E-state index is 12.4. The molecular formula is C20H24N2O4S. The summed E-state index contributed by atoms with van der Waals surface area (Å²) in [6, 6.07) is 13.9. The Labute approximate surface area is 160 Å². The van der Waals surface area contributed by atoms with Gasteiger partial charge in [-0.3, -0.25) is 4.79 Å². The normalized spacial score (nSPS) is 14.9. The Kier molecular flexibility index (Phi) is 6.26. The van der Waals surface area contributed by atoms with Crippen LogP contribution in [0.4, 0.5) is 5.69 Å². The highest BCUT2D eigenvalue weighted by atomic mass is 32.2. The van der Waals surface area contributed by atoms with Crippen molar-refractivity contribution in [2.45, 2.75) is 18.2 Å². The third-order valence-corrected chi connectivity index (χ3v) is 6.05. The average molecular weight is 388 g/mol. The summed E-state index contributed by atoms with van der Waals surface area (Å²) in [4.78, 5) is 14.7. The highest BCUT2D eigenvalue weighted by Gasteiger charge is 2.17. The zero-order valence-electron chi connectivity index (χ0n) is 15.3. The number of nitrogens with zero attached hydrogens (tertiary/aromatic N) is 1. The molecule has 1 heterocycles. The molecule has 0 aromatic heterocycles. The minimum Gasteiger partial charge on any atom is -0.378 e. The minimum atomic E-state index is -3.71. The Morgan fingerprint density at radius 1 is 1.04 bits per heavy atom. The van der Waals surface area contributed by atoms with Gasteiger partial charge in [-0.15, -0.1) is 0 Å². The number of benzene rings is 2. The van der Waals surface area contributed by atoms with Crippen LogP contribution in [0.3, 0.4) is 0 Å². The summed E-state index contributed by atoms with van der Waals surface area (Å²) >= 11 is 0. The smallest absolute Gasteiger partial charge is 0.240 e. The average Bonchev–Trinajstić information content (AvgIpc) is 2.73. The summed E-state index contributed by atoms with van der Waals surface area (Å²) in [6.07, 6.45) is 0.840. The van der Waals surface area contributed by atoms with Crippen LogP contribution in [0.2, 0.25) is 0 Å². The van der Waals surface area contributed by atoms with Gasteiger partial charge in [0.25, 0.3) is 0 Å². The molecule has 0 spiro atoms. The Bertz CT molecular complexity index is 871. The Morgan fingerprint density at radius 2 is 1.67 bits per heavy atom. The number of nitrogens with one attached hydrogen (secondary N) is 1. The zero-order chi connectivity index (χ0) is 19.3. The van der Waals surface area contributed by atoms with E-state index in [1.54, 1.807) is 36.4 Å². The molecule has 0 aliphatic carbocycles. The van der Waals surface area contributed by atoms with E-state index in [2.05, 4.69) is 9.62 Å². The van der Waals surface area contributed by atoms with Gasteiger partial charge in [-0.25, -0.2) is 13.1 Å². The SMILES string of the molecule is CCc1ccc(S(=O)(=O)NCC(=O)c2ccc(N3CCOCC3)cc2)cc1. The van der Waals surface area contributed by atoms with E-state index in [9.17, 15) is 13.2 Å². The maximum absolute atomic E-state index is 12.4. The minimum absolute atomic E-state index is 0.162. The molecule has 2 aromatic rings. The number of morpholine rings is 1. The molecule has 2 aromatic carbocycles. The molecule has 6 nitrogen and oxygen atoms in total. The van der Waals surface area contributed by atoms with Gasteiger partial charge in [-0.2, -0.15) is 0 Å². The van der Waals surface area contributed by atoms with E-state index in [-0.39, 0.29) is 17.2 Å².